The fraction of sp³-hybridized carbons (Fsp3) is 0.545. The molecule has 0 aliphatic carbocycles. The molecule has 1 aromatic heterocycles. The molecule has 29 heavy (non-hydrogen) atoms. The molecule has 1 atom stereocenters. The van der Waals surface area contributed by atoms with Crippen LogP contribution in [0.5, 0.6) is 5.75 Å². The third kappa shape index (κ3) is 6.44. The minimum atomic E-state index is 0.312. The lowest BCUT2D eigenvalue weighted by atomic mass is 10.0. The SMILES string of the molecule is CCNC(=NCc1ncc(C)s1)NCC(c1ccc(OC)cc1)N1CCCCC1. The molecule has 6 nitrogen and oxygen atoms in total. The van der Waals surface area contributed by atoms with E-state index >= 15 is 0 Å². The van der Waals surface area contributed by atoms with Crippen LogP contribution in [0.3, 0.4) is 0 Å². The first kappa shape index (κ1) is 21.6. The van der Waals surface area contributed by atoms with Crippen molar-refractivity contribution in [2.24, 2.45) is 4.99 Å². The normalized spacial score (nSPS) is 16.4. The Balaban J connectivity index is 1.70. The summed E-state index contributed by atoms with van der Waals surface area (Å²) >= 11 is 1.70. The number of ether oxygens (including phenoxy) is 1. The van der Waals surface area contributed by atoms with Crippen molar-refractivity contribution in [2.45, 2.75) is 45.7 Å². The zero-order valence-corrected chi connectivity index (χ0v) is 18.6. The first-order valence-electron chi connectivity index (χ1n) is 10.5. The number of likely N-dealkylation sites (tertiary alicyclic amines) is 1. The predicted molar refractivity (Wildman–Crippen MR) is 121 cm³/mol. The fourth-order valence-electron chi connectivity index (χ4n) is 3.67. The Morgan fingerprint density at radius 3 is 2.59 bits per heavy atom. The third-order valence-electron chi connectivity index (χ3n) is 5.18. The number of aryl methyl sites for hydroxylation is 1. The van der Waals surface area contributed by atoms with Crippen LogP contribution in [-0.4, -0.2) is 49.1 Å². The van der Waals surface area contributed by atoms with E-state index in [4.69, 9.17) is 9.73 Å². The standard InChI is InChI=1S/C22H33N5OS/c1-4-23-22(26-16-21-24-14-17(2)29-21)25-15-20(27-12-6-5-7-13-27)18-8-10-19(28-3)11-9-18/h8-11,14,20H,4-7,12-13,15-16H2,1-3H3,(H2,23,25,26). The summed E-state index contributed by atoms with van der Waals surface area (Å²) in [7, 11) is 1.71. The maximum atomic E-state index is 5.34. The Kier molecular flexibility index (Phi) is 8.31. The predicted octanol–water partition coefficient (Wildman–Crippen LogP) is 3.74. The van der Waals surface area contributed by atoms with Crippen molar-refractivity contribution in [2.75, 3.05) is 33.3 Å². The molecule has 1 unspecified atom stereocenters. The molecule has 1 fully saturated rings. The molecule has 0 bridgehead atoms. The average molecular weight is 416 g/mol. The minimum Gasteiger partial charge on any atom is -0.497 e. The smallest absolute Gasteiger partial charge is 0.191 e. The summed E-state index contributed by atoms with van der Waals surface area (Å²) in [5, 5.41) is 7.97. The zero-order valence-electron chi connectivity index (χ0n) is 17.8. The maximum absolute atomic E-state index is 5.34. The second-order valence-corrected chi connectivity index (χ2v) is 8.65. The van der Waals surface area contributed by atoms with Gasteiger partial charge in [0.1, 0.15) is 10.8 Å². The highest BCUT2D eigenvalue weighted by Gasteiger charge is 2.22. The van der Waals surface area contributed by atoms with Crippen LogP contribution in [0.1, 0.15) is 47.7 Å². The molecule has 2 aromatic rings. The molecule has 1 aromatic carbocycles. The Hall–Kier alpha value is -2.12. The van der Waals surface area contributed by atoms with Gasteiger partial charge in [-0.15, -0.1) is 11.3 Å². The molecular weight excluding hydrogens is 382 g/mol. The van der Waals surface area contributed by atoms with Crippen molar-refractivity contribution in [3.63, 3.8) is 0 Å². The van der Waals surface area contributed by atoms with Gasteiger partial charge in [0.05, 0.1) is 19.7 Å². The highest BCUT2D eigenvalue weighted by Crippen LogP contribution is 2.26. The molecule has 0 radical (unpaired) electrons. The second-order valence-electron chi connectivity index (χ2n) is 7.33. The lowest BCUT2D eigenvalue weighted by Crippen LogP contribution is -2.44. The van der Waals surface area contributed by atoms with E-state index in [0.717, 1.165) is 42.9 Å². The number of guanidine groups is 1. The van der Waals surface area contributed by atoms with E-state index in [-0.39, 0.29) is 0 Å². The molecule has 1 aliphatic rings. The molecule has 2 heterocycles. The lowest BCUT2D eigenvalue weighted by Gasteiger charge is -2.35. The number of thiazole rings is 1. The van der Waals surface area contributed by atoms with Crippen LogP contribution >= 0.6 is 11.3 Å². The van der Waals surface area contributed by atoms with E-state index in [1.54, 1.807) is 18.4 Å². The van der Waals surface area contributed by atoms with E-state index in [0.29, 0.717) is 12.6 Å². The van der Waals surface area contributed by atoms with Gasteiger partial charge < -0.3 is 15.4 Å². The van der Waals surface area contributed by atoms with Gasteiger partial charge in [0, 0.05) is 24.2 Å². The summed E-state index contributed by atoms with van der Waals surface area (Å²) in [5.41, 5.74) is 1.31. The van der Waals surface area contributed by atoms with Crippen molar-refractivity contribution in [3.8, 4) is 5.75 Å². The number of hydrogen-bond donors (Lipinski definition) is 2. The third-order valence-corrected chi connectivity index (χ3v) is 6.08. The van der Waals surface area contributed by atoms with E-state index < -0.39 is 0 Å². The van der Waals surface area contributed by atoms with E-state index in [1.807, 2.05) is 6.20 Å². The van der Waals surface area contributed by atoms with Gasteiger partial charge in [-0.3, -0.25) is 4.90 Å². The van der Waals surface area contributed by atoms with Crippen LogP contribution in [0.4, 0.5) is 0 Å². The van der Waals surface area contributed by atoms with Crippen LogP contribution in [-0.2, 0) is 6.54 Å². The Labute approximate surface area is 178 Å². The summed E-state index contributed by atoms with van der Waals surface area (Å²) in [6, 6.07) is 8.78. The molecule has 0 spiro atoms. The van der Waals surface area contributed by atoms with Crippen molar-refractivity contribution < 1.29 is 4.74 Å². The molecule has 1 saturated heterocycles. The highest BCUT2D eigenvalue weighted by molar-refractivity contribution is 7.11. The van der Waals surface area contributed by atoms with E-state index in [2.05, 4.69) is 58.6 Å². The van der Waals surface area contributed by atoms with Crippen LogP contribution in [0.15, 0.2) is 35.5 Å². The van der Waals surface area contributed by atoms with Crippen LogP contribution in [0.25, 0.3) is 0 Å². The first-order valence-corrected chi connectivity index (χ1v) is 11.3. The van der Waals surface area contributed by atoms with Crippen LogP contribution < -0.4 is 15.4 Å². The van der Waals surface area contributed by atoms with Gasteiger partial charge in [0.2, 0.25) is 0 Å². The van der Waals surface area contributed by atoms with Crippen molar-refractivity contribution in [1.29, 1.82) is 0 Å². The quantitative estimate of drug-likeness (QED) is 0.508. The summed E-state index contributed by atoms with van der Waals surface area (Å²) in [6.45, 7) is 8.71. The molecule has 2 N–H and O–H groups in total. The molecule has 0 amide bonds. The zero-order chi connectivity index (χ0) is 20.5. The maximum Gasteiger partial charge on any atom is 0.191 e. The van der Waals surface area contributed by atoms with Gasteiger partial charge in [0.25, 0.3) is 0 Å². The number of hydrogen-bond acceptors (Lipinski definition) is 5. The van der Waals surface area contributed by atoms with Gasteiger partial charge >= 0.3 is 0 Å². The number of nitrogens with one attached hydrogen (secondary N) is 2. The lowest BCUT2D eigenvalue weighted by molar-refractivity contribution is 0.164. The van der Waals surface area contributed by atoms with Gasteiger partial charge in [-0.25, -0.2) is 9.98 Å². The van der Waals surface area contributed by atoms with Crippen molar-refractivity contribution in [3.05, 3.63) is 45.9 Å². The van der Waals surface area contributed by atoms with Gasteiger partial charge in [0.15, 0.2) is 5.96 Å². The summed E-state index contributed by atoms with van der Waals surface area (Å²) in [4.78, 5) is 13.0. The molecule has 3 rings (SSSR count). The van der Waals surface area contributed by atoms with Gasteiger partial charge in [-0.05, 0) is 57.5 Å². The first-order chi connectivity index (χ1) is 14.2. The number of aromatic nitrogens is 1. The monoisotopic (exact) mass is 415 g/mol. The van der Waals surface area contributed by atoms with E-state index in [9.17, 15) is 0 Å². The number of aliphatic imine (C=N–C) groups is 1. The van der Waals surface area contributed by atoms with Crippen molar-refractivity contribution in [1.82, 2.24) is 20.5 Å². The topological polar surface area (TPSA) is 61.8 Å². The summed E-state index contributed by atoms with van der Waals surface area (Å²) in [6.07, 6.45) is 5.77. The Morgan fingerprint density at radius 1 is 1.21 bits per heavy atom. The number of benzene rings is 1. The molecule has 0 saturated carbocycles. The van der Waals surface area contributed by atoms with Gasteiger partial charge in [-0.1, -0.05) is 18.6 Å². The second kappa shape index (κ2) is 11.2. The largest absolute Gasteiger partial charge is 0.497 e. The average Bonchev–Trinajstić information content (AvgIpc) is 3.18. The molecule has 158 valence electrons. The Morgan fingerprint density at radius 2 is 1.97 bits per heavy atom. The number of nitrogens with zero attached hydrogens (tertiary/aromatic N) is 3. The number of rotatable bonds is 8. The van der Waals surface area contributed by atoms with Crippen LogP contribution in [0.2, 0.25) is 0 Å². The highest BCUT2D eigenvalue weighted by atomic mass is 32.1. The number of methoxy groups -OCH3 is 1. The summed E-state index contributed by atoms with van der Waals surface area (Å²) < 4.78 is 5.34. The number of piperidine rings is 1. The Bertz CT molecular complexity index is 768. The molecular formula is C22H33N5OS. The van der Waals surface area contributed by atoms with Crippen LogP contribution in [0, 0.1) is 6.92 Å². The summed E-state index contributed by atoms with van der Waals surface area (Å²) in [5.74, 6) is 1.74. The molecule has 1 aliphatic heterocycles. The molecule has 7 heteroatoms. The van der Waals surface area contributed by atoms with Crippen molar-refractivity contribution >= 4 is 17.3 Å². The van der Waals surface area contributed by atoms with Gasteiger partial charge in [-0.2, -0.15) is 0 Å². The minimum absolute atomic E-state index is 0.312. The van der Waals surface area contributed by atoms with E-state index in [1.165, 1.54) is 29.7 Å². The fourth-order valence-corrected chi connectivity index (χ4v) is 4.38.